The van der Waals surface area contributed by atoms with Crippen molar-refractivity contribution in [3.8, 4) is 11.5 Å². The van der Waals surface area contributed by atoms with Gasteiger partial charge in [0.15, 0.2) is 0 Å². The zero-order chi connectivity index (χ0) is 28.3. The van der Waals surface area contributed by atoms with Crippen molar-refractivity contribution in [3.05, 3.63) is 131 Å². The molecule has 0 aromatic heterocycles. The van der Waals surface area contributed by atoms with Gasteiger partial charge in [0.2, 0.25) is 11.7 Å². The van der Waals surface area contributed by atoms with Gasteiger partial charge >= 0.3 is 12.4 Å². The van der Waals surface area contributed by atoms with E-state index >= 15 is 0 Å². The fourth-order valence-electron chi connectivity index (χ4n) is 4.24. The predicted molar refractivity (Wildman–Crippen MR) is 133 cm³/mol. The lowest BCUT2D eigenvalue weighted by Gasteiger charge is -2.38. The molecule has 0 aliphatic carbocycles. The Morgan fingerprint density at radius 3 is 1.62 bits per heavy atom. The molecule has 0 aliphatic heterocycles. The van der Waals surface area contributed by atoms with Gasteiger partial charge in [-0.3, -0.25) is 0 Å². The fourth-order valence-corrected chi connectivity index (χ4v) is 4.24. The summed E-state index contributed by atoms with van der Waals surface area (Å²) in [6.07, 6.45) is -12.9. The Bertz CT molecular complexity index is 1330. The van der Waals surface area contributed by atoms with Gasteiger partial charge in [-0.05, 0) is 47.9 Å². The second-order valence-corrected chi connectivity index (χ2v) is 8.95. The van der Waals surface area contributed by atoms with Gasteiger partial charge in [0.05, 0.1) is 0 Å². The first-order chi connectivity index (χ1) is 18.4. The van der Waals surface area contributed by atoms with E-state index in [2.05, 4.69) is 0 Å². The Hall–Kier alpha value is -3.98. The summed E-state index contributed by atoms with van der Waals surface area (Å²) in [5, 5.41) is 10.3. The molecule has 0 saturated carbocycles. The number of alkyl halides is 6. The Balaban J connectivity index is 1.64. The molecular weight excluding hydrogens is 522 g/mol. The van der Waals surface area contributed by atoms with Crippen LogP contribution in [0.2, 0.25) is 0 Å². The highest BCUT2D eigenvalue weighted by molar-refractivity contribution is 5.47. The van der Waals surface area contributed by atoms with Crippen molar-refractivity contribution in [2.45, 2.75) is 37.6 Å². The monoisotopic (exact) mass is 546 g/mol. The van der Waals surface area contributed by atoms with Crippen LogP contribution in [-0.4, -0.2) is 17.5 Å². The van der Waals surface area contributed by atoms with Crippen LogP contribution in [0.1, 0.15) is 34.1 Å². The summed E-state index contributed by atoms with van der Waals surface area (Å²) >= 11 is 0. The summed E-state index contributed by atoms with van der Waals surface area (Å²) in [7, 11) is 0. The molecule has 39 heavy (non-hydrogen) atoms. The molecule has 0 bridgehead atoms. The highest BCUT2D eigenvalue weighted by Gasteiger charge is 2.72. The average molecular weight is 547 g/mol. The van der Waals surface area contributed by atoms with E-state index in [0.717, 1.165) is 47.5 Å². The van der Waals surface area contributed by atoms with Crippen LogP contribution in [0.4, 0.5) is 26.3 Å². The molecule has 4 rings (SSSR count). The molecule has 1 unspecified atom stereocenters. The number of halogens is 6. The topological polar surface area (TPSA) is 38.7 Å². The largest absolute Gasteiger partial charge is 0.489 e. The van der Waals surface area contributed by atoms with E-state index in [1.54, 1.807) is 54.6 Å². The van der Waals surface area contributed by atoms with Crippen molar-refractivity contribution in [1.29, 1.82) is 0 Å². The molecule has 0 aliphatic rings. The summed E-state index contributed by atoms with van der Waals surface area (Å²) in [6.45, 7) is 1.94. The minimum Gasteiger partial charge on any atom is -0.489 e. The van der Waals surface area contributed by atoms with Crippen LogP contribution in [0.25, 0.3) is 0 Å². The van der Waals surface area contributed by atoms with Gasteiger partial charge in [0, 0.05) is 5.56 Å². The van der Waals surface area contributed by atoms with Crippen molar-refractivity contribution in [1.82, 2.24) is 0 Å². The SMILES string of the molecule is Cc1ccc(C(O)Oc2ccc(C(c3ccc(OCc4ccccc4)cc3)(C(F)(F)F)C(F)(F)F)cc2)cc1. The molecule has 9 heteroatoms. The maximum absolute atomic E-state index is 14.5. The standard InChI is InChI=1S/C30H24F6O3/c1-20-7-9-22(10-8-20)27(37)39-26-17-13-24(14-18-26)28(29(31,32)33,30(34,35)36)23-11-15-25(16-12-23)38-19-21-5-3-2-4-6-21/h2-18,27,37H,19H2,1H3. The van der Waals surface area contributed by atoms with Crippen molar-refractivity contribution < 1.29 is 40.9 Å². The highest BCUT2D eigenvalue weighted by Crippen LogP contribution is 2.56. The van der Waals surface area contributed by atoms with Crippen LogP contribution in [0.5, 0.6) is 11.5 Å². The van der Waals surface area contributed by atoms with Crippen molar-refractivity contribution in [2.75, 3.05) is 0 Å². The van der Waals surface area contributed by atoms with Crippen LogP contribution >= 0.6 is 0 Å². The van der Waals surface area contributed by atoms with E-state index in [4.69, 9.17) is 9.47 Å². The average Bonchev–Trinajstić information content (AvgIpc) is 2.89. The van der Waals surface area contributed by atoms with Gasteiger partial charge in [-0.2, -0.15) is 26.3 Å². The lowest BCUT2D eigenvalue weighted by molar-refractivity contribution is -0.288. The summed E-state index contributed by atoms with van der Waals surface area (Å²) < 4.78 is 97.6. The lowest BCUT2D eigenvalue weighted by Crippen LogP contribution is -2.54. The number of aliphatic hydroxyl groups is 1. The molecule has 1 atom stereocenters. The van der Waals surface area contributed by atoms with E-state index in [1.165, 1.54) is 0 Å². The Kier molecular flexibility index (Phi) is 7.92. The smallest absolute Gasteiger partial charge is 0.411 e. The Morgan fingerprint density at radius 1 is 0.641 bits per heavy atom. The normalized spacial score (nSPS) is 13.1. The molecule has 0 spiro atoms. The van der Waals surface area contributed by atoms with Gasteiger partial charge in [0.25, 0.3) is 0 Å². The zero-order valence-electron chi connectivity index (χ0n) is 20.6. The van der Waals surface area contributed by atoms with Gasteiger partial charge in [-0.25, -0.2) is 0 Å². The van der Waals surface area contributed by atoms with Gasteiger partial charge < -0.3 is 14.6 Å². The maximum Gasteiger partial charge on any atom is 0.411 e. The number of ether oxygens (including phenoxy) is 2. The van der Waals surface area contributed by atoms with E-state index in [1.807, 2.05) is 6.92 Å². The Morgan fingerprint density at radius 2 is 1.13 bits per heavy atom. The van der Waals surface area contributed by atoms with E-state index < -0.39 is 35.2 Å². The lowest BCUT2D eigenvalue weighted by atomic mass is 9.73. The van der Waals surface area contributed by atoms with E-state index in [-0.39, 0.29) is 18.1 Å². The number of hydrogen-bond donors (Lipinski definition) is 1. The van der Waals surface area contributed by atoms with E-state index in [9.17, 15) is 31.4 Å². The fraction of sp³-hybridized carbons (Fsp3) is 0.200. The zero-order valence-corrected chi connectivity index (χ0v) is 20.6. The number of rotatable bonds is 8. The van der Waals surface area contributed by atoms with Crippen molar-refractivity contribution >= 4 is 0 Å². The summed E-state index contributed by atoms with van der Waals surface area (Å²) in [5.74, 6) is 0.0180. The first-order valence-corrected chi connectivity index (χ1v) is 11.8. The molecule has 0 saturated heterocycles. The van der Waals surface area contributed by atoms with Crippen LogP contribution in [-0.2, 0) is 12.0 Å². The minimum absolute atomic E-state index is 0.0970. The van der Waals surface area contributed by atoms with Crippen molar-refractivity contribution in [3.63, 3.8) is 0 Å². The molecule has 3 nitrogen and oxygen atoms in total. The molecule has 1 N–H and O–H groups in total. The third-order valence-electron chi connectivity index (χ3n) is 6.28. The number of aryl methyl sites for hydroxylation is 1. The van der Waals surface area contributed by atoms with Crippen LogP contribution in [0.3, 0.4) is 0 Å². The van der Waals surface area contributed by atoms with Crippen LogP contribution < -0.4 is 9.47 Å². The minimum atomic E-state index is -5.73. The molecule has 0 fully saturated rings. The third kappa shape index (κ3) is 5.88. The first kappa shape index (κ1) is 28.0. The van der Waals surface area contributed by atoms with Gasteiger partial charge in [0.1, 0.15) is 18.1 Å². The highest BCUT2D eigenvalue weighted by atomic mass is 19.4. The molecule has 0 heterocycles. The van der Waals surface area contributed by atoms with Gasteiger partial charge in [-0.1, -0.05) is 84.4 Å². The summed E-state index contributed by atoms with van der Waals surface area (Å²) in [6, 6.07) is 22.6. The summed E-state index contributed by atoms with van der Waals surface area (Å²) in [4.78, 5) is 0. The molecule has 204 valence electrons. The number of hydrogen-bond acceptors (Lipinski definition) is 3. The Labute approximate surface area is 221 Å². The quantitative estimate of drug-likeness (QED) is 0.180. The maximum atomic E-state index is 14.5. The molecule has 4 aromatic carbocycles. The second kappa shape index (κ2) is 11.0. The van der Waals surface area contributed by atoms with E-state index in [0.29, 0.717) is 17.7 Å². The second-order valence-electron chi connectivity index (χ2n) is 8.95. The predicted octanol–water partition coefficient (Wildman–Crippen LogP) is 8.05. The first-order valence-electron chi connectivity index (χ1n) is 11.8. The molecule has 0 radical (unpaired) electrons. The molecule has 0 amide bonds. The summed E-state index contributed by atoms with van der Waals surface area (Å²) in [5.41, 5.74) is -4.27. The van der Waals surface area contributed by atoms with Crippen LogP contribution in [0.15, 0.2) is 103 Å². The third-order valence-corrected chi connectivity index (χ3v) is 6.28. The van der Waals surface area contributed by atoms with Crippen LogP contribution in [0, 0.1) is 6.92 Å². The number of aliphatic hydroxyl groups excluding tert-OH is 1. The van der Waals surface area contributed by atoms with Crippen molar-refractivity contribution in [2.24, 2.45) is 0 Å². The molecular formula is C30H24F6O3. The van der Waals surface area contributed by atoms with Gasteiger partial charge in [-0.15, -0.1) is 0 Å². The number of benzene rings is 4. The molecule has 4 aromatic rings.